The van der Waals surface area contributed by atoms with E-state index in [0.717, 1.165) is 36.9 Å². The predicted molar refractivity (Wildman–Crippen MR) is 131 cm³/mol. The normalized spacial score (nSPS) is 17.3. The number of aromatic nitrogens is 1. The summed E-state index contributed by atoms with van der Waals surface area (Å²) in [4.78, 5) is 29.3. The van der Waals surface area contributed by atoms with Crippen LogP contribution in [0.1, 0.15) is 60.6 Å². The van der Waals surface area contributed by atoms with Crippen molar-refractivity contribution in [2.24, 2.45) is 5.92 Å². The zero-order chi connectivity index (χ0) is 25.0. The molecule has 1 fully saturated rings. The van der Waals surface area contributed by atoms with Gasteiger partial charge in [-0.3, -0.25) is 9.78 Å². The molecule has 0 bridgehead atoms. The van der Waals surface area contributed by atoms with Crippen LogP contribution in [0.3, 0.4) is 0 Å². The minimum atomic E-state index is -3.83. The summed E-state index contributed by atoms with van der Waals surface area (Å²) in [6, 6.07) is 4.56. The second kappa shape index (κ2) is 11.0. The number of hydrogen-bond acceptors (Lipinski definition) is 6. The maximum atomic E-state index is 13.4. The van der Waals surface area contributed by atoms with E-state index < -0.39 is 16.0 Å². The highest BCUT2D eigenvalue weighted by Crippen LogP contribution is 2.32. The molecule has 35 heavy (non-hydrogen) atoms. The Labute approximate surface area is 205 Å². The topological polar surface area (TPSA) is 126 Å². The third-order valence-corrected chi connectivity index (χ3v) is 8.77. The standard InChI is InChI=1S/C25H33N3O6S/c1-2-34-15-5-12-26-24(29)17-10-13-28(14-11-17)35(32,33)18-8-9-22-20(16-18)23(25(30)31)19-6-3-4-7-21(19)27-22/h8-9,16-17H,2-7,10-15H2,1H3,(H,26,29)(H,30,31). The van der Waals surface area contributed by atoms with Crippen LogP contribution in [0.5, 0.6) is 0 Å². The molecule has 1 amide bonds. The first-order valence-electron chi connectivity index (χ1n) is 12.4. The molecule has 1 aromatic carbocycles. The van der Waals surface area contributed by atoms with E-state index in [9.17, 15) is 23.1 Å². The number of sulfonamides is 1. The minimum absolute atomic E-state index is 0.0498. The number of pyridine rings is 1. The van der Waals surface area contributed by atoms with Gasteiger partial charge in [-0.05, 0) is 75.6 Å². The molecule has 0 spiro atoms. The van der Waals surface area contributed by atoms with Crippen molar-refractivity contribution in [3.05, 3.63) is 35.0 Å². The number of carbonyl (C=O) groups excluding carboxylic acids is 1. The largest absolute Gasteiger partial charge is 0.478 e. The lowest BCUT2D eigenvalue weighted by molar-refractivity contribution is -0.126. The van der Waals surface area contributed by atoms with E-state index >= 15 is 0 Å². The number of carboxylic acid groups (broad SMARTS) is 1. The minimum Gasteiger partial charge on any atom is -0.478 e. The molecular weight excluding hydrogens is 470 g/mol. The molecule has 2 N–H and O–H groups in total. The van der Waals surface area contributed by atoms with Gasteiger partial charge in [0.2, 0.25) is 15.9 Å². The van der Waals surface area contributed by atoms with Gasteiger partial charge in [-0.15, -0.1) is 0 Å². The van der Waals surface area contributed by atoms with Crippen molar-refractivity contribution in [3.8, 4) is 0 Å². The van der Waals surface area contributed by atoms with Gasteiger partial charge in [0.05, 0.1) is 16.0 Å². The number of aromatic carboxylic acids is 1. The van der Waals surface area contributed by atoms with Crippen LogP contribution in [0.4, 0.5) is 0 Å². The van der Waals surface area contributed by atoms with Crippen molar-refractivity contribution in [2.45, 2.75) is 56.8 Å². The van der Waals surface area contributed by atoms with Gasteiger partial charge in [0.15, 0.2) is 0 Å². The third kappa shape index (κ3) is 5.49. The van der Waals surface area contributed by atoms with Gasteiger partial charge in [-0.1, -0.05) is 0 Å². The summed E-state index contributed by atoms with van der Waals surface area (Å²) in [6.07, 6.45) is 4.87. The van der Waals surface area contributed by atoms with Crippen LogP contribution in [-0.4, -0.2) is 67.5 Å². The number of ether oxygens (including phenoxy) is 1. The van der Waals surface area contributed by atoms with E-state index in [4.69, 9.17) is 4.74 Å². The second-order valence-corrected chi connectivity index (χ2v) is 11.1. The number of piperidine rings is 1. The van der Waals surface area contributed by atoms with Gasteiger partial charge in [0, 0.05) is 49.8 Å². The molecule has 1 aliphatic heterocycles. The number of nitrogens with one attached hydrogen (secondary N) is 1. The smallest absolute Gasteiger partial charge is 0.336 e. The molecule has 0 saturated carbocycles. The highest BCUT2D eigenvalue weighted by molar-refractivity contribution is 7.89. The average molecular weight is 504 g/mol. The fourth-order valence-electron chi connectivity index (χ4n) is 4.99. The number of fused-ring (bicyclic) bond motifs is 2. The lowest BCUT2D eigenvalue weighted by atomic mass is 9.90. The van der Waals surface area contributed by atoms with Crippen LogP contribution in [0.25, 0.3) is 10.9 Å². The molecule has 0 unspecified atom stereocenters. The molecule has 9 nitrogen and oxygen atoms in total. The number of aryl methyl sites for hydroxylation is 1. The Kier molecular flexibility index (Phi) is 8.03. The van der Waals surface area contributed by atoms with Crippen molar-refractivity contribution in [1.29, 1.82) is 0 Å². The summed E-state index contributed by atoms with van der Waals surface area (Å²) in [5, 5.41) is 13.2. The molecule has 2 aromatic rings. The van der Waals surface area contributed by atoms with Gasteiger partial charge in [0.1, 0.15) is 0 Å². The highest BCUT2D eigenvalue weighted by Gasteiger charge is 2.33. The maximum absolute atomic E-state index is 13.4. The van der Waals surface area contributed by atoms with Gasteiger partial charge in [-0.2, -0.15) is 4.31 Å². The number of carbonyl (C=O) groups is 2. The van der Waals surface area contributed by atoms with Crippen molar-refractivity contribution >= 4 is 32.8 Å². The van der Waals surface area contributed by atoms with Crippen LogP contribution in [-0.2, 0) is 32.4 Å². The van der Waals surface area contributed by atoms with Crippen LogP contribution in [0, 0.1) is 5.92 Å². The van der Waals surface area contributed by atoms with Gasteiger partial charge < -0.3 is 15.2 Å². The highest BCUT2D eigenvalue weighted by atomic mass is 32.2. The van der Waals surface area contributed by atoms with Crippen molar-refractivity contribution in [3.63, 3.8) is 0 Å². The molecular formula is C25H33N3O6S. The molecule has 2 aliphatic rings. The Balaban J connectivity index is 1.49. The molecule has 1 aliphatic carbocycles. The van der Waals surface area contributed by atoms with E-state index in [2.05, 4.69) is 10.3 Å². The quantitative estimate of drug-likeness (QED) is 0.504. The SMILES string of the molecule is CCOCCCNC(=O)C1CCN(S(=O)(=O)c2ccc3nc4c(c(C(=O)O)c3c2)CCCC4)CC1. The Morgan fingerprint density at radius 2 is 1.94 bits per heavy atom. The van der Waals surface area contributed by atoms with Crippen molar-refractivity contribution in [1.82, 2.24) is 14.6 Å². The summed E-state index contributed by atoms with van der Waals surface area (Å²) >= 11 is 0. The molecule has 1 saturated heterocycles. The molecule has 1 aromatic heterocycles. The first kappa shape index (κ1) is 25.5. The molecule has 4 rings (SSSR count). The number of carboxylic acids is 1. The fraction of sp³-hybridized carbons (Fsp3) is 0.560. The number of nitrogens with zero attached hydrogens (tertiary/aromatic N) is 2. The fourth-order valence-corrected chi connectivity index (χ4v) is 6.49. The molecule has 2 heterocycles. The van der Waals surface area contributed by atoms with Gasteiger partial charge >= 0.3 is 5.97 Å². The van der Waals surface area contributed by atoms with E-state index in [1.165, 1.54) is 16.4 Å². The third-order valence-electron chi connectivity index (χ3n) is 6.88. The summed E-state index contributed by atoms with van der Waals surface area (Å²) < 4.78 is 33.4. The Morgan fingerprint density at radius 3 is 2.66 bits per heavy atom. The Hall–Kier alpha value is -2.56. The maximum Gasteiger partial charge on any atom is 0.336 e. The number of rotatable bonds is 9. The lowest BCUT2D eigenvalue weighted by Crippen LogP contribution is -2.43. The Bertz CT molecular complexity index is 1210. The lowest BCUT2D eigenvalue weighted by Gasteiger charge is -2.30. The van der Waals surface area contributed by atoms with Crippen LogP contribution >= 0.6 is 0 Å². The zero-order valence-corrected chi connectivity index (χ0v) is 20.9. The van der Waals surface area contributed by atoms with Gasteiger partial charge in [-0.25, -0.2) is 13.2 Å². The number of benzene rings is 1. The summed E-state index contributed by atoms with van der Waals surface area (Å²) in [6.45, 7) is 4.19. The molecule has 10 heteroatoms. The van der Waals surface area contributed by atoms with Crippen LogP contribution < -0.4 is 5.32 Å². The van der Waals surface area contributed by atoms with E-state index in [1.807, 2.05) is 6.92 Å². The Morgan fingerprint density at radius 1 is 1.20 bits per heavy atom. The first-order chi connectivity index (χ1) is 16.8. The predicted octanol–water partition coefficient (Wildman–Crippen LogP) is 2.76. The molecule has 0 radical (unpaired) electrons. The van der Waals surface area contributed by atoms with Crippen molar-refractivity contribution in [2.75, 3.05) is 32.8 Å². The van der Waals surface area contributed by atoms with Crippen LogP contribution in [0.2, 0.25) is 0 Å². The van der Waals surface area contributed by atoms with E-state index in [1.54, 1.807) is 6.07 Å². The zero-order valence-electron chi connectivity index (χ0n) is 20.1. The van der Waals surface area contributed by atoms with Gasteiger partial charge in [0.25, 0.3) is 0 Å². The summed E-state index contributed by atoms with van der Waals surface area (Å²) in [7, 11) is -3.83. The first-order valence-corrected chi connectivity index (χ1v) is 13.8. The monoisotopic (exact) mass is 503 g/mol. The van der Waals surface area contributed by atoms with E-state index in [0.29, 0.717) is 49.9 Å². The number of hydrogen-bond donors (Lipinski definition) is 2. The molecule has 0 atom stereocenters. The summed E-state index contributed by atoms with van der Waals surface area (Å²) in [5.41, 5.74) is 2.19. The summed E-state index contributed by atoms with van der Waals surface area (Å²) in [5.74, 6) is -1.33. The van der Waals surface area contributed by atoms with Crippen molar-refractivity contribution < 1.29 is 27.9 Å². The number of amides is 1. The van der Waals surface area contributed by atoms with Crippen LogP contribution in [0.15, 0.2) is 23.1 Å². The molecule has 190 valence electrons. The average Bonchev–Trinajstić information content (AvgIpc) is 2.86. The second-order valence-electron chi connectivity index (χ2n) is 9.12. The van der Waals surface area contributed by atoms with E-state index in [-0.39, 0.29) is 35.4 Å².